The number of pyridine rings is 1. The molecule has 2 unspecified atom stereocenters. The quantitative estimate of drug-likeness (QED) is 0.847. The molecule has 0 saturated carbocycles. The molecule has 0 amide bonds. The second kappa shape index (κ2) is 7.91. The van der Waals surface area contributed by atoms with E-state index in [0.29, 0.717) is 0 Å². The molecule has 2 atom stereocenters. The van der Waals surface area contributed by atoms with Crippen LogP contribution in [0.2, 0.25) is 0 Å². The summed E-state index contributed by atoms with van der Waals surface area (Å²) in [6, 6.07) is 14.0. The number of rotatable bonds is 7. The molecule has 3 heteroatoms. The lowest BCUT2D eigenvalue weighted by Crippen LogP contribution is -2.30. The summed E-state index contributed by atoms with van der Waals surface area (Å²) in [6.45, 7) is 6.99. The van der Waals surface area contributed by atoms with E-state index >= 15 is 0 Å². The Morgan fingerprint density at radius 2 is 1.76 bits per heavy atom. The molecule has 1 aromatic carbocycles. The number of aliphatic hydroxyl groups is 1. The predicted octanol–water partition coefficient (Wildman–Crippen LogP) is 3.27. The van der Waals surface area contributed by atoms with Crippen molar-refractivity contribution in [2.75, 3.05) is 13.1 Å². The Balaban J connectivity index is 1.95. The van der Waals surface area contributed by atoms with E-state index in [-0.39, 0.29) is 5.92 Å². The van der Waals surface area contributed by atoms with Gasteiger partial charge in [0, 0.05) is 25.5 Å². The first-order chi connectivity index (χ1) is 10.2. The van der Waals surface area contributed by atoms with Gasteiger partial charge in [-0.05, 0) is 35.7 Å². The minimum atomic E-state index is -0.419. The summed E-state index contributed by atoms with van der Waals surface area (Å²) >= 11 is 0. The zero-order chi connectivity index (χ0) is 15.1. The van der Waals surface area contributed by atoms with Gasteiger partial charge in [-0.15, -0.1) is 0 Å². The monoisotopic (exact) mass is 284 g/mol. The molecule has 1 aromatic heterocycles. The molecule has 0 spiro atoms. The minimum absolute atomic E-state index is 0.189. The Bertz CT molecular complexity index is 515. The van der Waals surface area contributed by atoms with Gasteiger partial charge in [0.2, 0.25) is 0 Å². The van der Waals surface area contributed by atoms with E-state index < -0.39 is 6.10 Å². The van der Waals surface area contributed by atoms with Gasteiger partial charge < -0.3 is 5.11 Å². The van der Waals surface area contributed by atoms with Gasteiger partial charge in [-0.3, -0.25) is 9.88 Å². The summed E-state index contributed by atoms with van der Waals surface area (Å²) in [6.07, 6.45) is 3.23. The van der Waals surface area contributed by atoms with Crippen molar-refractivity contribution < 1.29 is 5.11 Å². The summed E-state index contributed by atoms with van der Waals surface area (Å²) in [5, 5.41) is 10.5. The van der Waals surface area contributed by atoms with E-state index in [9.17, 15) is 5.11 Å². The second-order valence-corrected chi connectivity index (χ2v) is 5.52. The van der Waals surface area contributed by atoms with Crippen LogP contribution in [-0.2, 0) is 6.54 Å². The molecule has 21 heavy (non-hydrogen) atoms. The predicted molar refractivity (Wildman–Crippen MR) is 85.8 cm³/mol. The van der Waals surface area contributed by atoms with Crippen LogP contribution in [0, 0.1) is 5.92 Å². The minimum Gasteiger partial charge on any atom is -0.388 e. The highest BCUT2D eigenvalue weighted by atomic mass is 16.3. The fraction of sp³-hybridized carbons (Fsp3) is 0.389. The highest BCUT2D eigenvalue weighted by molar-refractivity contribution is 5.18. The summed E-state index contributed by atoms with van der Waals surface area (Å²) in [5.74, 6) is 0.189. The summed E-state index contributed by atoms with van der Waals surface area (Å²) < 4.78 is 0. The van der Waals surface area contributed by atoms with Gasteiger partial charge in [-0.2, -0.15) is 0 Å². The largest absolute Gasteiger partial charge is 0.388 e. The molecule has 112 valence electrons. The second-order valence-electron chi connectivity index (χ2n) is 5.52. The zero-order valence-corrected chi connectivity index (χ0v) is 12.8. The summed E-state index contributed by atoms with van der Waals surface area (Å²) in [4.78, 5) is 6.40. The lowest BCUT2D eigenvalue weighted by atomic mass is 9.97. The third-order valence-corrected chi connectivity index (χ3v) is 3.83. The number of aliphatic hydroxyl groups excluding tert-OH is 1. The van der Waals surface area contributed by atoms with Gasteiger partial charge in [0.1, 0.15) is 0 Å². The number of nitrogens with zero attached hydrogens (tertiary/aromatic N) is 2. The van der Waals surface area contributed by atoms with Crippen LogP contribution >= 0.6 is 0 Å². The number of hydrogen-bond acceptors (Lipinski definition) is 3. The highest BCUT2D eigenvalue weighted by Crippen LogP contribution is 2.22. The normalized spacial score (nSPS) is 14.1. The number of aromatic nitrogens is 1. The van der Waals surface area contributed by atoms with Crippen LogP contribution in [0.3, 0.4) is 0 Å². The summed E-state index contributed by atoms with van der Waals surface area (Å²) in [7, 11) is 0. The summed E-state index contributed by atoms with van der Waals surface area (Å²) in [5.41, 5.74) is 2.25. The van der Waals surface area contributed by atoms with Crippen molar-refractivity contribution in [3.63, 3.8) is 0 Å². The first-order valence-corrected chi connectivity index (χ1v) is 7.55. The van der Waals surface area contributed by atoms with Crippen LogP contribution in [-0.4, -0.2) is 28.1 Å². The van der Waals surface area contributed by atoms with Crippen molar-refractivity contribution in [3.05, 3.63) is 66.0 Å². The van der Waals surface area contributed by atoms with Crippen LogP contribution in [0.15, 0.2) is 54.9 Å². The van der Waals surface area contributed by atoms with E-state index in [1.807, 2.05) is 54.9 Å². The lowest BCUT2D eigenvalue weighted by Gasteiger charge is -2.27. The molecular weight excluding hydrogens is 260 g/mol. The SMILES string of the molecule is CCN(Cc1ccncc1)CC(C)C(O)c1ccccc1. The van der Waals surface area contributed by atoms with Gasteiger partial charge in [-0.1, -0.05) is 44.2 Å². The van der Waals surface area contributed by atoms with Gasteiger partial charge >= 0.3 is 0 Å². The average Bonchev–Trinajstić information content (AvgIpc) is 2.55. The van der Waals surface area contributed by atoms with Crippen molar-refractivity contribution in [2.45, 2.75) is 26.5 Å². The lowest BCUT2D eigenvalue weighted by molar-refractivity contribution is 0.0875. The number of hydrogen-bond donors (Lipinski definition) is 1. The molecule has 0 aliphatic rings. The van der Waals surface area contributed by atoms with Crippen molar-refractivity contribution in [1.29, 1.82) is 0 Å². The van der Waals surface area contributed by atoms with Gasteiger partial charge in [-0.25, -0.2) is 0 Å². The van der Waals surface area contributed by atoms with Crippen LogP contribution in [0.4, 0.5) is 0 Å². The molecule has 0 saturated heterocycles. The van der Waals surface area contributed by atoms with E-state index in [2.05, 4.69) is 23.7 Å². The molecule has 0 fully saturated rings. The van der Waals surface area contributed by atoms with Gasteiger partial charge in [0.25, 0.3) is 0 Å². The first kappa shape index (κ1) is 15.7. The van der Waals surface area contributed by atoms with E-state index in [1.165, 1.54) is 5.56 Å². The fourth-order valence-electron chi connectivity index (χ4n) is 2.54. The van der Waals surface area contributed by atoms with Crippen LogP contribution < -0.4 is 0 Å². The molecule has 1 N–H and O–H groups in total. The Labute approximate surface area is 127 Å². The Morgan fingerprint density at radius 3 is 2.38 bits per heavy atom. The maximum atomic E-state index is 10.5. The maximum absolute atomic E-state index is 10.5. The molecule has 2 aromatic rings. The third kappa shape index (κ3) is 4.66. The first-order valence-electron chi connectivity index (χ1n) is 7.55. The zero-order valence-electron chi connectivity index (χ0n) is 12.8. The average molecular weight is 284 g/mol. The van der Waals surface area contributed by atoms with Crippen LogP contribution in [0.5, 0.6) is 0 Å². The van der Waals surface area contributed by atoms with Crippen molar-refractivity contribution in [2.24, 2.45) is 5.92 Å². The van der Waals surface area contributed by atoms with Crippen molar-refractivity contribution >= 4 is 0 Å². The van der Waals surface area contributed by atoms with E-state index in [1.54, 1.807) is 0 Å². The Morgan fingerprint density at radius 1 is 1.10 bits per heavy atom. The molecule has 0 radical (unpaired) electrons. The van der Waals surface area contributed by atoms with Crippen LogP contribution in [0.25, 0.3) is 0 Å². The molecule has 0 bridgehead atoms. The molecule has 1 heterocycles. The van der Waals surface area contributed by atoms with Gasteiger partial charge in [0.15, 0.2) is 0 Å². The molecule has 2 rings (SSSR count). The van der Waals surface area contributed by atoms with E-state index in [4.69, 9.17) is 0 Å². The smallest absolute Gasteiger partial charge is 0.0827 e. The van der Waals surface area contributed by atoms with Crippen molar-refractivity contribution in [1.82, 2.24) is 9.88 Å². The Kier molecular flexibility index (Phi) is 5.90. The van der Waals surface area contributed by atoms with Crippen molar-refractivity contribution in [3.8, 4) is 0 Å². The highest BCUT2D eigenvalue weighted by Gasteiger charge is 2.18. The molecular formula is C18H24N2O. The van der Waals surface area contributed by atoms with Gasteiger partial charge in [0.05, 0.1) is 6.10 Å². The molecule has 0 aliphatic carbocycles. The molecule has 0 aliphatic heterocycles. The van der Waals surface area contributed by atoms with E-state index in [0.717, 1.165) is 25.2 Å². The standard InChI is InChI=1S/C18H24N2O/c1-3-20(14-16-9-11-19-12-10-16)13-15(2)18(21)17-7-5-4-6-8-17/h4-12,15,18,21H,3,13-14H2,1-2H3. The third-order valence-electron chi connectivity index (χ3n) is 3.83. The fourth-order valence-corrected chi connectivity index (χ4v) is 2.54. The Hall–Kier alpha value is -1.71. The molecule has 3 nitrogen and oxygen atoms in total. The maximum Gasteiger partial charge on any atom is 0.0827 e. The number of benzene rings is 1. The van der Waals surface area contributed by atoms with Crippen LogP contribution in [0.1, 0.15) is 31.1 Å². The topological polar surface area (TPSA) is 36.4 Å².